The van der Waals surface area contributed by atoms with Crippen LogP contribution in [0, 0.1) is 0 Å². The van der Waals surface area contributed by atoms with Gasteiger partial charge in [0.05, 0.1) is 26.0 Å². The molecule has 0 radical (unpaired) electrons. The van der Waals surface area contributed by atoms with E-state index >= 15 is 0 Å². The summed E-state index contributed by atoms with van der Waals surface area (Å²) >= 11 is 0. The van der Waals surface area contributed by atoms with Crippen LogP contribution in [0.3, 0.4) is 0 Å². The van der Waals surface area contributed by atoms with Crippen molar-refractivity contribution in [1.82, 2.24) is 14.9 Å². The van der Waals surface area contributed by atoms with Crippen molar-refractivity contribution in [2.24, 2.45) is 0 Å². The average molecular weight is 383 g/mol. The molecule has 3 heterocycles. The van der Waals surface area contributed by atoms with Crippen LogP contribution in [0.5, 0.6) is 5.75 Å². The summed E-state index contributed by atoms with van der Waals surface area (Å²) in [6.45, 7) is 9.15. The SMILES string of the molecule is CCCN1CCN(c2nc(-c3ccc(OC)cc3)nc3c2CCOCC3)CC1. The molecule has 0 atom stereocenters. The molecule has 4 rings (SSSR count). The van der Waals surface area contributed by atoms with Crippen molar-refractivity contribution in [3.8, 4) is 17.1 Å². The standard InChI is InChI=1S/C22H30N4O2/c1-3-10-25-11-13-26(14-12-25)22-19-8-15-28-16-9-20(19)23-21(24-22)17-4-6-18(27-2)7-5-17/h4-7H,3,8-16H2,1-2H3. The number of hydrogen-bond acceptors (Lipinski definition) is 6. The fraction of sp³-hybridized carbons (Fsp3) is 0.545. The Hall–Kier alpha value is -2.18. The number of rotatable bonds is 5. The van der Waals surface area contributed by atoms with Crippen LogP contribution in [0.15, 0.2) is 24.3 Å². The van der Waals surface area contributed by atoms with Crippen LogP contribution in [0.1, 0.15) is 24.6 Å². The topological polar surface area (TPSA) is 50.7 Å². The van der Waals surface area contributed by atoms with Gasteiger partial charge in [-0.15, -0.1) is 0 Å². The molecule has 6 heteroatoms. The van der Waals surface area contributed by atoms with Gasteiger partial charge in [0, 0.05) is 50.1 Å². The van der Waals surface area contributed by atoms with Gasteiger partial charge >= 0.3 is 0 Å². The van der Waals surface area contributed by atoms with Crippen molar-refractivity contribution in [3.05, 3.63) is 35.5 Å². The smallest absolute Gasteiger partial charge is 0.161 e. The molecule has 2 aliphatic rings. The average Bonchev–Trinajstić information content (AvgIpc) is 2.99. The van der Waals surface area contributed by atoms with Crippen molar-refractivity contribution in [1.29, 1.82) is 0 Å². The van der Waals surface area contributed by atoms with Gasteiger partial charge in [-0.2, -0.15) is 0 Å². The van der Waals surface area contributed by atoms with Gasteiger partial charge in [0.1, 0.15) is 11.6 Å². The molecule has 2 aliphatic heterocycles. The third-order valence-corrected chi connectivity index (χ3v) is 5.61. The van der Waals surface area contributed by atoms with Gasteiger partial charge in [-0.05, 0) is 37.2 Å². The quantitative estimate of drug-likeness (QED) is 0.793. The van der Waals surface area contributed by atoms with E-state index in [0.29, 0.717) is 0 Å². The minimum Gasteiger partial charge on any atom is -0.497 e. The first-order valence-corrected chi connectivity index (χ1v) is 10.4. The molecule has 0 amide bonds. The van der Waals surface area contributed by atoms with Gasteiger partial charge in [0.15, 0.2) is 5.82 Å². The number of methoxy groups -OCH3 is 1. The zero-order valence-corrected chi connectivity index (χ0v) is 17.0. The van der Waals surface area contributed by atoms with E-state index in [1.165, 1.54) is 18.5 Å². The van der Waals surface area contributed by atoms with Crippen LogP contribution in [-0.2, 0) is 17.6 Å². The maximum atomic E-state index is 5.73. The summed E-state index contributed by atoms with van der Waals surface area (Å²) < 4.78 is 11.0. The molecule has 6 nitrogen and oxygen atoms in total. The van der Waals surface area contributed by atoms with E-state index in [0.717, 1.165) is 80.9 Å². The Kier molecular flexibility index (Phi) is 6.07. The number of piperazine rings is 1. The molecule has 1 saturated heterocycles. The predicted octanol–water partition coefficient (Wildman–Crippen LogP) is 2.80. The summed E-state index contributed by atoms with van der Waals surface area (Å²) in [5.41, 5.74) is 3.45. The summed E-state index contributed by atoms with van der Waals surface area (Å²) in [5.74, 6) is 2.76. The maximum absolute atomic E-state index is 5.73. The molecule has 150 valence electrons. The Morgan fingerprint density at radius 3 is 2.46 bits per heavy atom. The van der Waals surface area contributed by atoms with E-state index < -0.39 is 0 Å². The molecule has 0 aliphatic carbocycles. The zero-order valence-electron chi connectivity index (χ0n) is 17.0. The highest BCUT2D eigenvalue weighted by molar-refractivity contribution is 5.62. The third kappa shape index (κ3) is 4.13. The number of nitrogens with zero attached hydrogens (tertiary/aromatic N) is 4. The van der Waals surface area contributed by atoms with Gasteiger partial charge < -0.3 is 14.4 Å². The van der Waals surface area contributed by atoms with E-state index in [2.05, 4.69) is 16.7 Å². The van der Waals surface area contributed by atoms with E-state index in [-0.39, 0.29) is 0 Å². The van der Waals surface area contributed by atoms with Crippen molar-refractivity contribution in [2.45, 2.75) is 26.2 Å². The second-order valence-electron chi connectivity index (χ2n) is 7.47. The molecule has 1 aromatic carbocycles. The first kappa shape index (κ1) is 19.2. The third-order valence-electron chi connectivity index (χ3n) is 5.61. The fourth-order valence-electron chi connectivity index (χ4n) is 4.06. The van der Waals surface area contributed by atoms with Crippen LogP contribution in [-0.4, -0.2) is 67.9 Å². The Morgan fingerprint density at radius 2 is 1.75 bits per heavy atom. The molecule has 0 N–H and O–H groups in total. The second kappa shape index (κ2) is 8.88. The minimum atomic E-state index is 0.732. The van der Waals surface area contributed by atoms with Crippen molar-refractivity contribution >= 4 is 5.82 Å². The summed E-state index contributed by atoms with van der Waals surface area (Å²) in [4.78, 5) is 15.0. The lowest BCUT2D eigenvalue weighted by Gasteiger charge is -2.36. The van der Waals surface area contributed by atoms with Gasteiger partial charge in [-0.1, -0.05) is 6.92 Å². The van der Waals surface area contributed by atoms with Crippen LogP contribution < -0.4 is 9.64 Å². The van der Waals surface area contributed by atoms with Gasteiger partial charge in [-0.3, -0.25) is 4.90 Å². The number of ether oxygens (including phenoxy) is 2. The summed E-state index contributed by atoms with van der Waals surface area (Å²) in [5, 5.41) is 0. The molecule has 0 bridgehead atoms. The van der Waals surface area contributed by atoms with E-state index in [1.54, 1.807) is 7.11 Å². The highest BCUT2D eigenvalue weighted by atomic mass is 16.5. The van der Waals surface area contributed by atoms with Crippen LogP contribution >= 0.6 is 0 Å². The van der Waals surface area contributed by atoms with Crippen LogP contribution in [0.25, 0.3) is 11.4 Å². The Bertz CT molecular complexity index is 786. The van der Waals surface area contributed by atoms with Gasteiger partial charge in [0.25, 0.3) is 0 Å². The van der Waals surface area contributed by atoms with E-state index in [9.17, 15) is 0 Å². The summed E-state index contributed by atoms with van der Waals surface area (Å²) in [7, 11) is 1.68. The predicted molar refractivity (Wildman–Crippen MR) is 111 cm³/mol. The van der Waals surface area contributed by atoms with E-state index in [1.807, 2.05) is 24.3 Å². The largest absolute Gasteiger partial charge is 0.497 e. The Balaban J connectivity index is 1.67. The Morgan fingerprint density at radius 1 is 1.00 bits per heavy atom. The van der Waals surface area contributed by atoms with E-state index in [4.69, 9.17) is 19.4 Å². The molecular weight excluding hydrogens is 352 g/mol. The molecule has 2 aromatic rings. The number of fused-ring (bicyclic) bond motifs is 1. The molecule has 0 saturated carbocycles. The lowest BCUT2D eigenvalue weighted by atomic mass is 10.1. The highest BCUT2D eigenvalue weighted by Crippen LogP contribution is 2.29. The first-order valence-electron chi connectivity index (χ1n) is 10.4. The Labute approximate surface area is 167 Å². The highest BCUT2D eigenvalue weighted by Gasteiger charge is 2.24. The maximum Gasteiger partial charge on any atom is 0.161 e. The number of benzene rings is 1. The van der Waals surface area contributed by atoms with Crippen molar-refractivity contribution < 1.29 is 9.47 Å². The van der Waals surface area contributed by atoms with Crippen LogP contribution in [0.4, 0.5) is 5.82 Å². The fourth-order valence-corrected chi connectivity index (χ4v) is 4.06. The molecular formula is C22H30N4O2. The molecule has 1 fully saturated rings. The second-order valence-corrected chi connectivity index (χ2v) is 7.47. The van der Waals surface area contributed by atoms with Crippen molar-refractivity contribution in [3.63, 3.8) is 0 Å². The molecule has 0 unspecified atom stereocenters. The van der Waals surface area contributed by atoms with Gasteiger partial charge in [-0.25, -0.2) is 9.97 Å². The number of aromatic nitrogens is 2. The normalized spacial score (nSPS) is 17.9. The summed E-state index contributed by atoms with van der Waals surface area (Å²) in [6.07, 6.45) is 2.95. The van der Waals surface area contributed by atoms with Crippen LogP contribution in [0.2, 0.25) is 0 Å². The van der Waals surface area contributed by atoms with Gasteiger partial charge in [0.2, 0.25) is 0 Å². The lowest BCUT2D eigenvalue weighted by molar-refractivity contribution is 0.146. The lowest BCUT2D eigenvalue weighted by Crippen LogP contribution is -2.47. The number of anilines is 1. The molecule has 0 spiro atoms. The minimum absolute atomic E-state index is 0.732. The van der Waals surface area contributed by atoms with Crippen molar-refractivity contribution in [2.75, 3.05) is 57.9 Å². The monoisotopic (exact) mass is 382 g/mol. The number of hydrogen-bond donors (Lipinski definition) is 0. The molecule has 28 heavy (non-hydrogen) atoms. The first-order chi connectivity index (χ1) is 13.8. The zero-order chi connectivity index (χ0) is 19.3. The molecule has 1 aromatic heterocycles. The summed E-state index contributed by atoms with van der Waals surface area (Å²) in [6, 6.07) is 8.01.